The van der Waals surface area contributed by atoms with Crippen LogP contribution in [0.2, 0.25) is 0 Å². The highest BCUT2D eigenvalue weighted by Gasteiger charge is 2.24. The maximum atomic E-state index is 12.5. The van der Waals surface area contributed by atoms with Crippen molar-refractivity contribution in [2.24, 2.45) is 0 Å². The first-order chi connectivity index (χ1) is 10.00. The molecule has 6 nitrogen and oxygen atoms in total. The standard InChI is InChI=1S/C14H19NO5S/c16-14(17)11-20-12-5-7-13(8-6-12)21(18,19)15-9-3-1-2-4-10-15/h5-8H,1-4,9-11H2,(H,16,17). The first-order valence-electron chi connectivity index (χ1n) is 6.95. The van der Waals surface area contributed by atoms with Crippen molar-refractivity contribution in [1.29, 1.82) is 0 Å². The first kappa shape index (κ1) is 15.8. The largest absolute Gasteiger partial charge is 0.482 e. The number of hydrogen-bond donors (Lipinski definition) is 1. The fourth-order valence-corrected chi connectivity index (χ4v) is 3.80. The van der Waals surface area contributed by atoms with Crippen LogP contribution in [-0.2, 0) is 14.8 Å². The predicted molar refractivity (Wildman–Crippen MR) is 76.8 cm³/mol. The molecule has 0 unspecified atom stereocenters. The number of hydrogen-bond acceptors (Lipinski definition) is 4. The van der Waals surface area contributed by atoms with Crippen LogP contribution < -0.4 is 4.74 Å². The lowest BCUT2D eigenvalue weighted by Gasteiger charge is -2.20. The highest BCUT2D eigenvalue weighted by molar-refractivity contribution is 7.89. The lowest BCUT2D eigenvalue weighted by Crippen LogP contribution is -2.31. The van der Waals surface area contributed by atoms with Gasteiger partial charge < -0.3 is 9.84 Å². The Morgan fingerprint density at radius 1 is 1.10 bits per heavy atom. The predicted octanol–water partition coefficient (Wildman–Crippen LogP) is 1.71. The Bertz CT molecular complexity index is 574. The van der Waals surface area contributed by atoms with E-state index in [0.29, 0.717) is 18.8 Å². The van der Waals surface area contributed by atoms with Gasteiger partial charge in [0.15, 0.2) is 6.61 Å². The second-order valence-electron chi connectivity index (χ2n) is 4.97. The number of carbonyl (C=O) groups is 1. The number of aliphatic carboxylic acids is 1. The molecule has 1 aliphatic rings. The third-order valence-corrected chi connectivity index (χ3v) is 5.30. The molecule has 0 atom stereocenters. The maximum absolute atomic E-state index is 12.5. The number of nitrogens with zero attached hydrogens (tertiary/aromatic N) is 1. The summed E-state index contributed by atoms with van der Waals surface area (Å²) >= 11 is 0. The van der Waals surface area contributed by atoms with E-state index in [-0.39, 0.29) is 4.90 Å². The molecule has 0 spiro atoms. The van der Waals surface area contributed by atoms with Gasteiger partial charge in [0.05, 0.1) is 4.90 Å². The van der Waals surface area contributed by atoms with E-state index in [0.717, 1.165) is 25.7 Å². The molecule has 0 saturated carbocycles. The molecule has 1 aliphatic heterocycles. The number of carboxylic acid groups (broad SMARTS) is 1. The van der Waals surface area contributed by atoms with Crippen LogP contribution >= 0.6 is 0 Å². The zero-order valence-electron chi connectivity index (χ0n) is 11.7. The van der Waals surface area contributed by atoms with Crippen molar-refractivity contribution in [3.05, 3.63) is 24.3 Å². The summed E-state index contributed by atoms with van der Waals surface area (Å²) in [5.74, 6) is -0.733. The molecule has 0 amide bonds. The number of rotatable bonds is 5. The first-order valence-corrected chi connectivity index (χ1v) is 8.39. The molecule has 0 bridgehead atoms. The number of carboxylic acids is 1. The zero-order valence-corrected chi connectivity index (χ0v) is 12.5. The highest BCUT2D eigenvalue weighted by atomic mass is 32.2. The minimum Gasteiger partial charge on any atom is -0.482 e. The van der Waals surface area contributed by atoms with Gasteiger partial charge in [-0.2, -0.15) is 4.31 Å². The van der Waals surface area contributed by atoms with Gasteiger partial charge in [-0.1, -0.05) is 12.8 Å². The van der Waals surface area contributed by atoms with Crippen LogP contribution in [0.15, 0.2) is 29.2 Å². The third-order valence-electron chi connectivity index (χ3n) is 3.39. The summed E-state index contributed by atoms with van der Waals surface area (Å²) in [6.45, 7) is 0.664. The summed E-state index contributed by atoms with van der Waals surface area (Å²) in [7, 11) is -3.47. The molecule has 1 saturated heterocycles. The van der Waals surface area contributed by atoms with Gasteiger partial charge in [-0.15, -0.1) is 0 Å². The molecular formula is C14H19NO5S. The van der Waals surface area contributed by atoms with Gasteiger partial charge in [0.1, 0.15) is 5.75 Å². The molecule has 1 fully saturated rings. The summed E-state index contributed by atoms with van der Waals surface area (Å²) in [4.78, 5) is 10.6. The smallest absolute Gasteiger partial charge is 0.341 e. The molecule has 1 aromatic carbocycles. The fourth-order valence-electron chi connectivity index (χ4n) is 2.28. The lowest BCUT2D eigenvalue weighted by molar-refractivity contribution is -0.139. The molecule has 0 radical (unpaired) electrons. The second-order valence-corrected chi connectivity index (χ2v) is 6.91. The van der Waals surface area contributed by atoms with Gasteiger partial charge in [-0.05, 0) is 37.1 Å². The minimum absolute atomic E-state index is 0.215. The monoisotopic (exact) mass is 313 g/mol. The Balaban J connectivity index is 2.10. The van der Waals surface area contributed by atoms with Gasteiger partial charge in [0, 0.05) is 13.1 Å². The molecular weight excluding hydrogens is 294 g/mol. The van der Waals surface area contributed by atoms with Gasteiger partial charge in [-0.3, -0.25) is 0 Å². The lowest BCUT2D eigenvalue weighted by atomic mass is 10.2. The van der Waals surface area contributed by atoms with Crippen molar-refractivity contribution >= 4 is 16.0 Å². The minimum atomic E-state index is -3.47. The Hall–Kier alpha value is -1.60. The molecule has 7 heteroatoms. The number of ether oxygens (including phenoxy) is 1. The summed E-state index contributed by atoms with van der Waals surface area (Å²) in [6.07, 6.45) is 3.90. The van der Waals surface area contributed by atoms with Gasteiger partial charge in [0.25, 0.3) is 0 Å². The van der Waals surface area contributed by atoms with E-state index >= 15 is 0 Å². The molecule has 0 aromatic heterocycles. The van der Waals surface area contributed by atoms with Crippen LogP contribution in [0, 0.1) is 0 Å². The van der Waals surface area contributed by atoms with Crippen molar-refractivity contribution in [3.8, 4) is 5.75 Å². The summed E-state index contributed by atoms with van der Waals surface area (Å²) < 4.78 is 31.5. The van der Waals surface area contributed by atoms with Crippen LogP contribution in [0.25, 0.3) is 0 Å². The molecule has 1 N–H and O–H groups in total. The maximum Gasteiger partial charge on any atom is 0.341 e. The quantitative estimate of drug-likeness (QED) is 0.894. The van der Waals surface area contributed by atoms with Crippen LogP contribution in [-0.4, -0.2) is 43.5 Å². The summed E-state index contributed by atoms with van der Waals surface area (Å²) in [5, 5.41) is 8.53. The normalized spacial score (nSPS) is 17.1. The van der Waals surface area contributed by atoms with Gasteiger partial charge in [0.2, 0.25) is 10.0 Å². The summed E-state index contributed by atoms with van der Waals surface area (Å²) in [6, 6.07) is 5.87. The van der Waals surface area contributed by atoms with Gasteiger partial charge in [-0.25, -0.2) is 13.2 Å². The third kappa shape index (κ3) is 4.18. The van der Waals surface area contributed by atoms with E-state index in [1.165, 1.54) is 28.6 Å². The average Bonchev–Trinajstić information content (AvgIpc) is 2.75. The van der Waals surface area contributed by atoms with Crippen LogP contribution in [0.4, 0.5) is 0 Å². The van der Waals surface area contributed by atoms with Crippen molar-refractivity contribution in [2.45, 2.75) is 30.6 Å². The van der Waals surface area contributed by atoms with Crippen molar-refractivity contribution in [2.75, 3.05) is 19.7 Å². The number of benzene rings is 1. The van der Waals surface area contributed by atoms with Crippen LogP contribution in [0.1, 0.15) is 25.7 Å². The van der Waals surface area contributed by atoms with Crippen molar-refractivity contribution in [1.82, 2.24) is 4.31 Å². The average molecular weight is 313 g/mol. The Labute approximate surface area is 124 Å². The zero-order chi connectivity index (χ0) is 15.3. The Kier molecular flexibility index (Phi) is 5.19. The highest BCUT2D eigenvalue weighted by Crippen LogP contribution is 2.22. The van der Waals surface area contributed by atoms with E-state index in [4.69, 9.17) is 9.84 Å². The van der Waals surface area contributed by atoms with E-state index < -0.39 is 22.6 Å². The van der Waals surface area contributed by atoms with Crippen LogP contribution in [0.3, 0.4) is 0 Å². The number of sulfonamides is 1. The Morgan fingerprint density at radius 3 is 2.19 bits per heavy atom. The topological polar surface area (TPSA) is 83.9 Å². The van der Waals surface area contributed by atoms with E-state index in [1.54, 1.807) is 0 Å². The molecule has 1 aromatic rings. The molecule has 2 rings (SSSR count). The molecule has 0 aliphatic carbocycles. The summed E-state index contributed by atoms with van der Waals surface area (Å²) in [5.41, 5.74) is 0. The second kappa shape index (κ2) is 6.91. The van der Waals surface area contributed by atoms with E-state index in [2.05, 4.69) is 0 Å². The van der Waals surface area contributed by atoms with Crippen LogP contribution in [0.5, 0.6) is 5.75 Å². The molecule has 21 heavy (non-hydrogen) atoms. The van der Waals surface area contributed by atoms with E-state index in [1.807, 2.05) is 0 Å². The Morgan fingerprint density at radius 2 is 1.67 bits per heavy atom. The van der Waals surface area contributed by atoms with Crippen molar-refractivity contribution in [3.63, 3.8) is 0 Å². The van der Waals surface area contributed by atoms with Gasteiger partial charge >= 0.3 is 5.97 Å². The fraction of sp³-hybridized carbons (Fsp3) is 0.500. The van der Waals surface area contributed by atoms with Crippen molar-refractivity contribution < 1.29 is 23.1 Å². The molecule has 116 valence electrons. The SMILES string of the molecule is O=C(O)COc1ccc(S(=O)(=O)N2CCCCCC2)cc1. The van der Waals surface area contributed by atoms with E-state index in [9.17, 15) is 13.2 Å². The molecule has 1 heterocycles.